The monoisotopic (exact) mass is 196 g/mol. The van der Waals surface area contributed by atoms with Crippen molar-refractivity contribution in [2.45, 2.75) is 52.4 Å². The van der Waals surface area contributed by atoms with Crippen molar-refractivity contribution >= 4 is 5.97 Å². The average Bonchev–Trinajstić information content (AvgIpc) is 2.50. The number of rotatable bonds is 2. The summed E-state index contributed by atoms with van der Waals surface area (Å²) in [5.41, 5.74) is -0.0824. The molecular weight excluding hydrogens is 176 g/mol. The van der Waals surface area contributed by atoms with Gasteiger partial charge in [0.2, 0.25) is 0 Å². The van der Waals surface area contributed by atoms with Crippen molar-refractivity contribution in [1.29, 1.82) is 0 Å². The van der Waals surface area contributed by atoms with E-state index in [1.54, 1.807) is 0 Å². The van der Waals surface area contributed by atoms with Gasteiger partial charge in [0.05, 0.1) is 5.41 Å². The Kier molecular flexibility index (Phi) is 2.13. The zero-order valence-corrected chi connectivity index (χ0v) is 9.18. The van der Waals surface area contributed by atoms with Gasteiger partial charge in [-0.05, 0) is 37.0 Å². The number of hydrogen-bond donors (Lipinski definition) is 1. The fraction of sp³-hybridized carbons (Fsp3) is 0.917. The topological polar surface area (TPSA) is 37.3 Å². The highest BCUT2D eigenvalue weighted by atomic mass is 16.4. The Hall–Kier alpha value is -0.530. The summed E-state index contributed by atoms with van der Waals surface area (Å²) in [4.78, 5) is 11.4. The Bertz CT molecular complexity index is 241. The maximum absolute atomic E-state index is 11.4. The molecule has 2 heteroatoms. The second-order valence-electron chi connectivity index (χ2n) is 5.96. The first-order chi connectivity index (χ1) is 6.46. The molecule has 0 radical (unpaired) electrons. The van der Waals surface area contributed by atoms with Gasteiger partial charge in [0.15, 0.2) is 0 Å². The molecule has 2 aliphatic rings. The number of hydrogen-bond acceptors (Lipinski definition) is 1. The molecule has 14 heavy (non-hydrogen) atoms. The summed E-state index contributed by atoms with van der Waals surface area (Å²) in [5.74, 6) is -0.0725. The van der Waals surface area contributed by atoms with Crippen LogP contribution in [0.1, 0.15) is 52.4 Å². The molecule has 0 spiro atoms. The molecule has 2 saturated carbocycles. The summed E-state index contributed by atoms with van der Waals surface area (Å²) in [7, 11) is 0. The number of carboxylic acids is 1. The third-order valence-electron chi connectivity index (χ3n) is 4.15. The van der Waals surface area contributed by atoms with Crippen molar-refractivity contribution in [3.63, 3.8) is 0 Å². The minimum absolute atomic E-state index is 0.265. The third kappa shape index (κ3) is 1.35. The molecule has 2 aliphatic carbocycles. The number of carbonyl (C=O) groups is 1. The summed E-state index contributed by atoms with van der Waals surface area (Å²) in [6.45, 7) is 4.37. The molecule has 2 rings (SSSR count). The molecule has 80 valence electrons. The van der Waals surface area contributed by atoms with Crippen LogP contribution in [0.15, 0.2) is 0 Å². The van der Waals surface area contributed by atoms with E-state index in [1.165, 1.54) is 12.8 Å². The fourth-order valence-electron chi connectivity index (χ4n) is 3.75. The molecule has 0 saturated heterocycles. The quantitative estimate of drug-likeness (QED) is 0.737. The van der Waals surface area contributed by atoms with E-state index in [-0.39, 0.29) is 10.8 Å². The Morgan fingerprint density at radius 1 is 1.21 bits per heavy atom. The zero-order chi connectivity index (χ0) is 10.4. The second-order valence-corrected chi connectivity index (χ2v) is 5.96. The van der Waals surface area contributed by atoms with Crippen LogP contribution in [0.25, 0.3) is 0 Å². The van der Waals surface area contributed by atoms with Crippen LogP contribution >= 0.6 is 0 Å². The van der Waals surface area contributed by atoms with Crippen LogP contribution in [0.2, 0.25) is 0 Å². The van der Waals surface area contributed by atoms with Gasteiger partial charge in [0.1, 0.15) is 0 Å². The van der Waals surface area contributed by atoms with E-state index < -0.39 is 5.97 Å². The van der Waals surface area contributed by atoms with Gasteiger partial charge in [-0.25, -0.2) is 0 Å². The Morgan fingerprint density at radius 3 is 2.07 bits per heavy atom. The molecule has 0 aromatic heterocycles. The average molecular weight is 196 g/mol. The zero-order valence-electron chi connectivity index (χ0n) is 9.18. The Balaban J connectivity index is 2.13. The molecule has 2 fully saturated rings. The first-order valence-electron chi connectivity index (χ1n) is 5.70. The molecule has 0 amide bonds. The van der Waals surface area contributed by atoms with Crippen molar-refractivity contribution in [2.24, 2.45) is 16.7 Å². The van der Waals surface area contributed by atoms with E-state index in [4.69, 9.17) is 0 Å². The van der Waals surface area contributed by atoms with E-state index in [0.29, 0.717) is 5.92 Å². The van der Waals surface area contributed by atoms with E-state index in [9.17, 15) is 9.90 Å². The normalized spacial score (nSPS) is 29.9. The highest BCUT2D eigenvalue weighted by Crippen LogP contribution is 2.61. The van der Waals surface area contributed by atoms with Crippen molar-refractivity contribution in [1.82, 2.24) is 0 Å². The molecule has 0 bridgehead atoms. The summed E-state index contributed by atoms with van der Waals surface area (Å²) in [5, 5.41) is 9.38. The Labute approximate surface area is 85.7 Å². The minimum Gasteiger partial charge on any atom is -0.481 e. The maximum Gasteiger partial charge on any atom is 0.309 e. The molecule has 0 aliphatic heterocycles. The van der Waals surface area contributed by atoms with Gasteiger partial charge in [0.25, 0.3) is 0 Å². The third-order valence-corrected chi connectivity index (χ3v) is 4.15. The first-order valence-corrected chi connectivity index (χ1v) is 5.70. The smallest absolute Gasteiger partial charge is 0.309 e. The van der Waals surface area contributed by atoms with Gasteiger partial charge in [0, 0.05) is 0 Å². The maximum atomic E-state index is 11.4. The largest absolute Gasteiger partial charge is 0.481 e. The lowest BCUT2D eigenvalue weighted by Gasteiger charge is -2.53. The summed E-state index contributed by atoms with van der Waals surface area (Å²) in [6.07, 6.45) is 6.53. The fourth-order valence-corrected chi connectivity index (χ4v) is 3.75. The summed E-state index contributed by atoms with van der Waals surface area (Å²) >= 11 is 0. The number of carboxylic acid groups (broad SMARTS) is 1. The van der Waals surface area contributed by atoms with Crippen LogP contribution in [0.5, 0.6) is 0 Å². The molecule has 1 N–H and O–H groups in total. The van der Waals surface area contributed by atoms with Crippen LogP contribution in [0.3, 0.4) is 0 Å². The lowest BCUT2D eigenvalue weighted by atomic mass is 9.49. The van der Waals surface area contributed by atoms with Gasteiger partial charge in [-0.15, -0.1) is 0 Å². The van der Waals surface area contributed by atoms with E-state index >= 15 is 0 Å². The Morgan fingerprint density at radius 2 is 1.71 bits per heavy atom. The SMILES string of the molecule is CC1(C)CC(C(=O)O)(C2CCCC2)C1. The van der Waals surface area contributed by atoms with Gasteiger partial charge in [-0.2, -0.15) is 0 Å². The molecule has 0 heterocycles. The predicted octanol–water partition coefficient (Wildman–Crippen LogP) is 3.07. The summed E-state index contributed by atoms with van der Waals surface area (Å²) < 4.78 is 0. The molecule has 0 atom stereocenters. The second kappa shape index (κ2) is 2.98. The minimum atomic E-state index is -0.538. The van der Waals surface area contributed by atoms with E-state index in [0.717, 1.165) is 25.7 Å². The number of aliphatic carboxylic acids is 1. The van der Waals surface area contributed by atoms with Gasteiger partial charge < -0.3 is 5.11 Å². The highest BCUT2D eigenvalue weighted by molar-refractivity contribution is 5.76. The van der Waals surface area contributed by atoms with Crippen LogP contribution in [-0.4, -0.2) is 11.1 Å². The molecule has 0 aromatic rings. The van der Waals surface area contributed by atoms with E-state index in [1.807, 2.05) is 0 Å². The molecule has 2 nitrogen and oxygen atoms in total. The van der Waals surface area contributed by atoms with Crippen molar-refractivity contribution < 1.29 is 9.90 Å². The predicted molar refractivity (Wildman–Crippen MR) is 55.0 cm³/mol. The van der Waals surface area contributed by atoms with Crippen LogP contribution < -0.4 is 0 Å². The van der Waals surface area contributed by atoms with Gasteiger partial charge in [-0.1, -0.05) is 26.7 Å². The van der Waals surface area contributed by atoms with E-state index in [2.05, 4.69) is 13.8 Å². The van der Waals surface area contributed by atoms with Crippen molar-refractivity contribution in [2.75, 3.05) is 0 Å². The van der Waals surface area contributed by atoms with Crippen molar-refractivity contribution in [3.8, 4) is 0 Å². The first kappa shape index (κ1) is 10.0. The van der Waals surface area contributed by atoms with Crippen molar-refractivity contribution in [3.05, 3.63) is 0 Å². The van der Waals surface area contributed by atoms with Crippen LogP contribution in [0, 0.1) is 16.7 Å². The van der Waals surface area contributed by atoms with Crippen LogP contribution in [-0.2, 0) is 4.79 Å². The lowest BCUT2D eigenvalue weighted by molar-refractivity contribution is -0.171. The molecular formula is C12H20O2. The molecule has 0 aromatic carbocycles. The molecule has 0 unspecified atom stereocenters. The lowest BCUT2D eigenvalue weighted by Crippen LogP contribution is -2.52. The standard InChI is InChI=1S/C12H20O2/c1-11(2)7-12(8-11,10(13)14)9-5-3-4-6-9/h9H,3-8H2,1-2H3,(H,13,14). The van der Waals surface area contributed by atoms with Crippen LogP contribution in [0.4, 0.5) is 0 Å². The summed E-state index contributed by atoms with van der Waals surface area (Å²) in [6, 6.07) is 0. The van der Waals surface area contributed by atoms with Gasteiger partial charge in [-0.3, -0.25) is 4.79 Å². The highest BCUT2D eigenvalue weighted by Gasteiger charge is 2.58. The van der Waals surface area contributed by atoms with Gasteiger partial charge >= 0.3 is 5.97 Å².